The molecule has 18 heteroatoms. The number of hydrogen-bond donors (Lipinski definition) is 10. The number of nitrogens with one attached hydrogen (secondary N) is 8. The van der Waals surface area contributed by atoms with Crippen molar-refractivity contribution in [1.82, 2.24) is 46.8 Å². The number of nitrogens with two attached hydrogens (primary N) is 2. The van der Waals surface area contributed by atoms with Crippen LogP contribution < -0.4 is 43.4 Å². The predicted molar refractivity (Wildman–Crippen MR) is 272 cm³/mol. The van der Waals surface area contributed by atoms with Crippen molar-refractivity contribution in [2.75, 3.05) is 19.6 Å². The van der Waals surface area contributed by atoms with E-state index in [2.05, 4.69) is 60.3 Å². The summed E-state index contributed by atoms with van der Waals surface area (Å²) in [6.45, 7) is 8.07. The van der Waals surface area contributed by atoms with Crippen molar-refractivity contribution in [1.29, 1.82) is 0 Å². The number of primary amides is 1. The number of carbonyl (C=O) groups excluding carboxylic acids is 7. The first-order chi connectivity index (χ1) is 34.2. The zero-order chi connectivity index (χ0) is 50.9. The van der Waals surface area contributed by atoms with E-state index in [1.54, 1.807) is 18.5 Å². The number of H-pyrrole nitrogens is 2. The molecule has 1 aliphatic rings. The number of rotatable bonds is 12. The largest absolute Gasteiger partial charge is 0.368 e. The molecule has 0 fully saturated rings. The van der Waals surface area contributed by atoms with Crippen molar-refractivity contribution in [3.8, 4) is 11.8 Å². The molecule has 2 aromatic heterocycles. The topological polar surface area (TPSA) is 279 Å². The normalized spacial score (nSPS) is 22.2. The summed E-state index contributed by atoms with van der Waals surface area (Å²) in [5.41, 5.74) is 15.6. The fraction of sp³-hybridized carbons (Fsp3) is 0.377. The van der Waals surface area contributed by atoms with Crippen LogP contribution in [-0.4, -0.2) is 118 Å². The van der Waals surface area contributed by atoms with Gasteiger partial charge in [0.05, 0.1) is 12.6 Å². The molecule has 71 heavy (non-hydrogen) atoms. The lowest BCUT2D eigenvalue weighted by atomic mass is 10.0. The molecule has 5 aromatic rings. The number of carbonyl (C=O) groups is 7. The van der Waals surface area contributed by atoms with Gasteiger partial charge in [-0.3, -0.25) is 38.5 Å². The zero-order valence-corrected chi connectivity index (χ0v) is 40.2. The number of hydrogen-bond acceptors (Lipinski definition) is 9. The smallest absolute Gasteiger partial charge is 0.244 e. The molecule has 7 amide bonds. The third kappa shape index (κ3) is 15.1. The van der Waals surface area contributed by atoms with Crippen molar-refractivity contribution in [3.63, 3.8) is 0 Å². The van der Waals surface area contributed by atoms with E-state index in [4.69, 9.17) is 11.5 Å². The molecule has 12 N–H and O–H groups in total. The van der Waals surface area contributed by atoms with Crippen LogP contribution in [0.1, 0.15) is 62.6 Å². The van der Waals surface area contributed by atoms with Gasteiger partial charge in [-0.15, -0.1) is 6.58 Å². The van der Waals surface area contributed by atoms with E-state index in [0.717, 1.165) is 27.4 Å². The first-order valence-corrected chi connectivity index (χ1v) is 24.0. The molecule has 0 saturated heterocycles. The molecule has 6 rings (SSSR count). The second-order valence-corrected chi connectivity index (χ2v) is 18.0. The Hall–Kier alpha value is -7.75. The summed E-state index contributed by atoms with van der Waals surface area (Å²) < 4.78 is 0. The molecule has 3 heterocycles. The zero-order valence-electron chi connectivity index (χ0n) is 40.2. The average Bonchev–Trinajstić information content (AvgIpc) is 3.97. The number of nitrogens with zero attached hydrogens (tertiary/aromatic N) is 1. The highest BCUT2D eigenvalue weighted by Gasteiger charge is 2.33. The van der Waals surface area contributed by atoms with Crippen LogP contribution >= 0.6 is 0 Å². The van der Waals surface area contributed by atoms with Gasteiger partial charge in [0.2, 0.25) is 41.4 Å². The Labute approximate surface area is 413 Å². The quantitative estimate of drug-likeness (QED) is 0.0645. The van der Waals surface area contributed by atoms with Gasteiger partial charge in [-0.1, -0.05) is 84.6 Å². The van der Waals surface area contributed by atoms with Crippen LogP contribution in [0.15, 0.2) is 104 Å². The highest BCUT2D eigenvalue weighted by Crippen LogP contribution is 2.21. The van der Waals surface area contributed by atoms with E-state index in [0.29, 0.717) is 43.5 Å². The summed E-state index contributed by atoms with van der Waals surface area (Å²) >= 11 is 0. The first-order valence-electron chi connectivity index (χ1n) is 24.0. The van der Waals surface area contributed by atoms with E-state index in [9.17, 15) is 33.6 Å². The summed E-state index contributed by atoms with van der Waals surface area (Å²) in [6, 6.07) is 16.1. The van der Waals surface area contributed by atoms with Crippen molar-refractivity contribution in [3.05, 3.63) is 121 Å². The second kappa shape index (κ2) is 25.7. The summed E-state index contributed by atoms with van der Waals surface area (Å²) in [5.74, 6) is 1.26. The molecule has 1 aliphatic heterocycles. The number of aromatic nitrogens is 2. The Morgan fingerprint density at radius 1 is 0.746 bits per heavy atom. The maximum Gasteiger partial charge on any atom is 0.244 e. The van der Waals surface area contributed by atoms with Gasteiger partial charge in [0.25, 0.3) is 0 Å². The minimum Gasteiger partial charge on any atom is -0.368 e. The monoisotopic (exact) mass is 968 g/mol. The second-order valence-electron chi connectivity index (χ2n) is 18.0. The van der Waals surface area contributed by atoms with E-state index in [1.807, 2.05) is 83.8 Å². The fourth-order valence-electron chi connectivity index (χ4n) is 8.42. The van der Waals surface area contributed by atoms with Gasteiger partial charge in [0, 0.05) is 60.0 Å². The minimum absolute atomic E-state index is 0.0132. The van der Waals surface area contributed by atoms with Gasteiger partial charge < -0.3 is 53.3 Å². The van der Waals surface area contributed by atoms with Crippen molar-refractivity contribution in [2.45, 2.75) is 108 Å². The highest BCUT2D eigenvalue weighted by molar-refractivity contribution is 5.98. The average molecular weight is 968 g/mol. The highest BCUT2D eigenvalue weighted by atomic mass is 16.2. The minimum atomic E-state index is -1.27. The number of benzene rings is 3. The van der Waals surface area contributed by atoms with Crippen LogP contribution in [0, 0.1) is 11.8 Å². The molecular formula is C53H65N11O7. The lowest BCUT2D eigenvalue weighted by Crippen LogP contribution is -2.60. The molecule has 0 bridgehead atoms. The molecule has 3 aromatic carbocycles. The summed E-state index contributed by atoms with van der Waals surface area (Å²) in [4.78, 5) is 106. The summed E-state index contributed by atoms with van der Waals surface area (Å²) in [5, 5.41) is 18.3. The van der Waals surface area contributed by atoms with Gasteiger partial charge in [-0.05, 0) is 81.3 Å². The van der Waals surface area contributed by atoms with Crippen LogP contribution in [0.4, 0.5) is 0 Å². The van der Waals surface area contributed by atoms with Gasteiger partial charge in [-0.2, -0.15) is 0 Å². The third-order valence-corrected chi connectivity index (χ3v) is 12.5. The molecule has 0 saturated carbocycles. The van der Waals surface area contributed by atoms with Gasteiger partial charge in [0.15, 0.2) is 0 Å². The SMILES string of the molecule is C=CCN1CC#CCC(NC(=O)[C@H](C)N)C(=O)N[C@H](Cc2c[nH]c3ccccc23)C(=O)N[C@@H](C)C(=O)N[C@@H](Cc2c[nH]c3ccccc23)C(=O)N[C@H](CCc2ccccc2)C(=O)N[C@H](C(N)=O)CCCC1. The van der Waals surface area contributed by atoms with Crippen LogP contribution in [0.2, 0.25) is 0 Å². The van der Waals surface area contributed by atoms with Crippen LogP contribution in [-0.2, 0) is 52.8 Å². The van der Waals surface area contributed by atoms with E-state index < -0.39 is 83.6 Å². The fourth-order valence-corrected chi connectivity index (χ4v) is 8.42. The van der Waals surface area contributed by atoms with E-state index in [1.165, 1.54) is 13.8 Å². The predicted octanol–water partition coefficient (Wildman–Crippen LogP) is 1.89. The number of aromatic amines is 2. The molecule has 18 nitrogen and oxygen atoms in total. The molecule has 0 radical (unpaired) electrons. The lowest BCUT2D eigenvalue weighted by Gasteiger charge is -2.27. The van der Waals surface area contributed by atoms with Crippen molar-refractivity contribution in [2.24, 2.45) is 11.5 Å². The van der Waals surface area contributed by atoms with Gasteiger partial charge >= 0.3 is 0 Å². The van der Waals surface area contributed by atoms with Crippen LogP contribution in [0.5, 0.6) is 0 Å². The first kappa shape index (κ1) is 52.6. The Kier molecular flexibility index (Phi) is 19.1. The molecule has 1 unspecified atom stereocenters. The maximum atomic E-state index is 14.6. The lowest BCUT2D eigenvalue weighted by molar-refractivity contribution is -0.135. The van der Waals surface area contributed by atoms with Gasteiger partial charge in [0.1, 0.15) is 36.3 Å². The van der Waals surface area contributed by atoms with E-state index in [-0.39, 0.29) is 38.6 Å². The Balaban J connectivity index is 1.35. The Morgan fingerprint density at radius 2 is 1.31 bits per heavy atom. The Morgan fingerprint density at radius 3 is 1.92 bits per heavy atom. The third-order valence-electron chi connectivity index (χ3n) is 12.5. The number of amides is 7. The molecule has 0 aliphatic carbocycles. The summed E-state index contributed by atoms with van der Waals surface area (Å²) in [6.07, 6.45) is 6.88. The van der Waals surface area contributed by atoms with Gasteiger partial charge in [-0.25, -0.2) is 0 Å². The summed E-state index contributed by atoms with van der Waals surface area (Å²) in [7, 11) is 0. The van der Waals surface area contributed by atoms with Crippen LogP contribution in [0.25, 0.3) is 21.8 Å². The van der Waals surface area contributed by atoms with E-state index >= 15 is 0 Å². The number of fused-ring (bicyclic) bond motifs is 2. The maximum absolute atomic E-state index is 14.6. The van der Waals surface area contributed by atoms with Crippen molar-refractivity contribution < 1.29 is 33.6 Å². The number of para-hydroxylation sites is 2. The molecular weight excluding hydrogens is 903 g/mol. The molecule has 0 spiro atoms. The molecule has 374 valence electrons. The standard InChI is InChI=1S/C53H65N11O7/c1-4-26-64-27-14-12-22-42(47(55)65)59-51(69)44(25-24-35-16-6-5-7-17-35)61-53(71)46(30-37-32-57-41-21-11-9-19-39(37)41)62-49(67)34(3)58-52(70)45(29-36-31-56-40-20-10-8-18-38(36)40)63-50(68)43(23-13-15-28-64)60-48(66)33(2)54/h4-11,16-21,31-34,42-46,56-57H,1,12,14,22-30,54H2,2-3H3,(H2,55,65)(H,58,70)(H,59,69)(H,60,66)(H,61,71)(H,62,67)(H,63,68)/t33-,34-,42-,43?,44+,45+,46-/m0/s1. The number of aryl methyl sites for hydroxylation is 1. The van der Waals surface area contributed by atoms with Crippen molar-refractivity contribution >= 4 is 63.2 Å². The Bertz CT molecular complexity index is 2740. The van der Waals surface area contributed by atoms with Crippen LogP contribution in [0.3, 0.4) is 0 Å². The molecule has 7 atom stereocenters.